The lowest BCUT2D eigenvalue weighted by molar-refractivity contribution is 1.18. The summed E-state index contributed by atoms with van der Waals surface area (Å²) in [6, 6.07) is 8.31. The molecule has 2 aromatic heterocycles. The third kappa shape index (κ3) is 2.08. The van der Waals surface area contributed by atoms with Gasteiger partial charge in [0, 0.05) is 29.7 Å². The van der Waals surface area contributed by atoms with Gasteiger partial charge in [0.15, 0.2) is 0 Å². The van der Waals surface area contributed by atoms with Gasteiger partial charge < -0.3 is 10.7 Å². The highest BCUT2D eigenvalue weighted by Crippen LogP contribution is 2.16. The molecule has 0 unspecified atom stereocenters. The van der Waals surface area contributed by atoms with Crippen LogP contribution in [0.25, 0.3) is 23.1 Å². The summed E-state index contributed by atoms with van der Waals surface area (Å²) in [6.45, 7) is 0. The number of aromatic nitrogens is 3. The predicted octanol–water partition coefficient (Wildman–Crippen LogP) is 2.71. The molecule has 4 heteroatoms. The quantitative estimate of drug-likeness (QED) is 0.718. The van der Waals surface area contributed by atoms with Gasteiger partial charge in [0.1, 0.15) is 0 Å². The number of nitrogens with two attached hydrogens (primary N) is 1. The van der Waals surface area contributed by atoms with Crippen LogP contribution in [0.4, 0.5) is 5.95 Å². The Morgan fingerprint density at radius 3 is 2.61 bits per heavy atom. The first kappa shape index (κ1) is 10.5. The number of nitrogens with one attached hydrogen (secondary N) is 1. The lowest BCUT2D eigenvalue weighted by Gasteiger charge is -1.96. The zero-order valence-corrected chi connectivity index (χ0v) is 9.67. The van der Waals surface area contributed by atoms with Crippen LogP contribution in [0.15, 0.2) is 42.9 Å². The van der Waals surface area contributed by atoms with Crippen LogP contribution in [0.1, 0.15) is 11.1 Å². The number of rotatable bonds is 2. The average molecular weight is 236 g/mol. The van der Waals surface area contributed by atoms with Crippen molar-refractivity contribution in [3.8, 4) is 0 Å². The Balaban J connectivity index is 1.88. The molecule has 3 rings (SSSR count). The Kier molecular flexibility index (Phi) is 2.53. The number of aromatic amines is 1. The van der Waals surface area contributed by atoms with Crippen molar-refractivity contribution in [1.29, 1.82) is 0 Å². The second-order valence-electron chi connectivity index (χ2n) is 4.03. The number of fused-ring (bicyclic) bond motifs is 1. The summed E-state index contributed by atoms with van der Waals surface area (Å²) in [6.07, 6.45) is 9.34. The summed E-state index contributed by atoms with van der Waals surface area (Å²) >= 11 is 0. The molecule has 2 heterocycles. The topological polar surface area (TPSA) is 67.6 Å². The van der Waals surface area contributed by atoms with E-state index in [9.17, 15) is 0 Å². The highest BCUT2D eigenvalue weighted by atomic mass is 15.0. The minimum absolute atomic E-state index is 0.292. The molecule has 0 saturated heterocycles. The van der Waals surface area contributed by atoms with Crippen molar-refractivity contribution in [3.05, 3.63) is 54.0 Å². The minimum atomic E-state index is 0.292. The minimum Gasteiger partial charge on any atom is -0.368 e. The van der Waals surface area contributed by atoms with Crippen LogP contribution in [0.5, 0.6) is 0 Å². The lowest BCUT2D eigenvalue weighted by atomic mass is 10.1. The molecule has 0 aliphatic carbocycles. The fourth-order valence-electron chi connectivity index (χ4n) is 1.80. The first-order valence-electron chi connectivity index (χ1n) is 5.64. The van der Waals surface area contributed by atoms with Crippen molar-refractivity contribution in [3.63, 3.8) is 0 Å². The molecule has 88 valence electrons. The molecular weight excluding hydrogens is 224 g/mol. The van der Waals surface area contributed by atoms with Crippen molar-refractivity contribution >= 4 is 29.0 Å². The number of benzene rings is 1. The van der Waals surface area contributed by atoms with Crippen LogP contribution in [0.2, 0.25) is 0 Å². The Bertz CT molecular complexity index is 695. The molecule has 3 aromatic rings. The van der Waals surface area contributed by atoms with Gasteiger partial charge in [-0.25, -0.2) is 9.97 Å². The molecule has 0 aliphatic heterocycles. The zero-order chi connectivity index (χ0) is 12.4. The van der Waals surface area contributed by atoms with E-state index in [-0.39, 0.29) is 0 Å². The molecule has 0 aliphatic rings. The van der Waals surface area contributed by atoms with Crippen molar-refractivity contribution in [2.45, 2.75) is 0 Å². The van der Waals surface area contributed by atoms with Gasteiger partial charge in [-0.15, -0.1) is 0 Å². The van der Waals surface area contributed by atoms with E-state index >= 15 is 0 Å². The first-order valence-corrected chi connectivity index (χ1v) is 5.64. The summed E-state index contributed by atoms with van der Waals surface area (Å²) in [4.78, 5) is 11.1. The number of hydrogen-bond donors (Lipinski definition) is 2. The first-order chi connectivity index (χ1) is 8.81. The van der Waals surface area contributed by atoms with Crippen molar-refractivity contribution in [1.82, 2.24) is 15.0 Å². The van der Waals surface area contributed by atoms with Crippen molar-refractivity contribution < 1.29 is 0 Å². The van der Waals surface area contributed by atoms with Crippen molar-refractivity contribution in [2.75, 3.05) is 5.73 Å². The monoisotopic (exact) mass is 236 g/mol. The second-order valence-corrected chi connectivity index (χ2v) is 4.03. The predicted molar refractivity (Wildman–Crippen MR) is 73.7 cm³/mol. The van der Waals surface area contributed by atoms with Crippen molar-refractivity contribution in [2.24, 2.45) is 0 Å². The molecule has 4 nitrogen and oxygen atoms in total. The number of nitrogen functional groups attached to an aromatic ring is 1. The van der Waals surface area contributed by atoms with E-state index in [1.54, 1.807) is 12.4 Å². The smallest absolute Gasteiger partial charge is 0.219 e. The Hall–Kier alpha value is -2.62. The molecule has 0 spiro atoms. The number of nitrogens with zero attached hydrogens (tertiary/aromatic N) is 2. The molecule has 1 aromatic carbocycles. The van der Waals surface area contributed by atoms with Gasteiger partial charge in [0.25, 0.3) is 0 Å². The van der Waals surface area contributed by atoms with Crippen LogP contribution < -0.4 is 5.73 Å². The molecule has 0 atom stereocenters. The highest BCUT2D eigenvalue weighted by molar-refractivity contribution is 5.83. The molecule has 0 amide bonds. The van der Waals surface area contributed by atoms with Gasteiger partial charge in [-0.05, 0) is 29.1 Å². The Morgan fingerprint density at radius 2 is 1.78 bits per heavy atom. The van der Waals surface area contributed by atoms with Crippen LogP contribution in [0.3, 0.4) is 0 Å². The average Bonchev–Trinajstić information content (AvgIpc) is 2.85. The molecular formula is C14H12N4. The Morgan fingerprint density at radius 1 is 1.00 bits per heavy atom. The van der Waals surface area contributed by atoms with Gasteiger partial charge in [-0.1, -0.05) is 18.2 Å². The normalized spacial score (nSPS) is 11.3. The van der Waals surface area contributed by atoms with E-state index in [4.69, 9.17) is 5.73 Å². The van der Waals surface area contributed by atoms with E-state index in [1.807, 2.05) is 18.3 Å². The maximum Gasteiger partial charge on any atom is 0.219 e. The standard InChI is InChI=1S/C14H12N4/c15-14-17-8-11(9-18-14)2-1-10-3-4-13-12(7-10)5-6-16-13/h1-9,16H,(H2,15,17,18)/b2-1+. The van der Waals surface area contributed by atoms with Gasteiger partial charge in [0.2, 0.25) is 5.95 Å². The number of anilines is 1. The van der Waals surface area contributed by atoms with Crippen LogP contribution >= 0.6 is 0 Å². The summed E-state index contributed by atoms with van der Waals surface area (Å²) < 4.78 is 0. The van der Waals surface area contributed by atoms with Gasteiger partial charge >= 0.3 is 0 Å². The van der Waals surface area contributed by atoms with Crippen LogP contribution in [0, 0.1) is 0 Å². The molecule has 0 saturated carbocycles. The van der Waals surface area contributed by atoms with Crippen LogP contribution in [-0.2, 0) is 0 Å². The maximum absolute atomic E-state index is 5.43. The fraction of sp³-hybridized carbons (Fsp3) is 0. The van der Waals surface area contributed by atoms with Gasteiger partial charge in [-0.3, -0.25) is 0 Å². The maximum atomic E-state index is 5.43. The molecule has 18 heavy (non-hydrogen) atoms. The Labute approximate surface area is 104 Å². The number of H-pyrrole nitrogens is 1. The van der Waals surface area contributed by atoms with E-state index in [0.29, 0.717) is 5.95 Å². The highest BCUT2D eigenvalue weighted by Gasteiger charge is 1.94. The van der Waals surface area contributed by atoms with E-state index in [2.05, 4.69) is 39.2 Å². The third-order valence-electron chi connectivity index (χ3n) is 2.74. The van der Waals surface area contributed by atoms with Gasteiger partial charge in [0.05, 0.1) is 0 Å². The third-order valence-corrected chi connectivity index (χ3v) is 2.74. The van der Waals surface area contributed by atoms with E-state index < -0.39 is 0 Å². The summed E-state index contributed by atoms with van der Waals surface area (Å²) in [5, 5.41) is 1.20. The number of hydrogen-bond acceptors (Lipinski definition) is 3. The molecule has 0 bridgehead atoms. The summed E-state index contributed by atoms with van der Waals surface area (Å²) in [5.74, 6) is 0.292. The van der Waals surface area contributed by atoms with Gasteiger partial charge in [-0.2, -0.15) is 0 Å². The molecule has 0 fully saturated rings. The van der Waals surface area contributed by atoms with E-state index in [1.165, 1.54) is 5.39 Å². The largest absolute Gasteiger partial charge is 0.368 e. The molecule has 0 radical (unpaired) electrons. The summed E-state index contributed by atoms with van der Waals surface area (Å²) in [7, 11) is 0. The van der Waals surface area contributed by atoms with E-state index in [0.717, 1.165) is 16.6 Å². The second kappa shape index (κ2) is 4.33. The van der Waals surface area contributed by atoms with Crippen LogP contribution in [-0.4, -0.2) is 15.0 Å². The fourth-order valence-corrected chi connectivity index (χ4v) is 1.80. The summed E-state index contributed by atoms with van der Waals surface area (Å²) in [5.41, 5.74) is 8.64. The molecule has 3 N–H and O–H groups in total. The lowest BCUT2D eigenvalue weighted by Crippen LogP contribution is -1.92. The zero-order valence-electron chi connectivity index (χ0n) is 9.67. The SMILES string of the molecule is Nc1ncc(/C=C/c2ccc3[nH]ccc3c2)cn1.